The van der Waals surface area contributed by atoms with Crippen molar-refractivity contribution in [2.24, 2.45) is 23.7 Å². The van der Waals surface area contributed by atoms with Crippen molar-refractivity contribution in [1.29, 1.82) is 0 Å². The van der Waals surface area contributed by atoms with Crippen LogP contribution in [0.3, 0.4) is 0 Å². The number of ether oxygens (including phenoxy) is 3. The number of halogens is 1. The van der Waals surface area contributed by atoms with E-state index in [0.717, 1.165) is 42.4 Å². The predicted octanol–water partition coefficient (Wildman–Crippen LogP) is 5.18. The highest BCUT2D eigenvalue weighted by Crippen LogP contribution is 2.56. The van der Waals surface area contributed by atoms with E-state index >= 15 is 0 Å². The monoisotopic (exact) mass is 579 g/mol. The van der Waals surface area contributed by atoms with Crippen LogP contribution in [0.25, 0.3) is 11.0 Å². The molecule has 1 N–H and O–H groups in total. The Morgan fingerprint density at radius 3 is 2.44 bits per heavy atom. The van der Waals surface area contributed by atoms with Gasteiger partial charge in [0, 0.05) is 18.4 Å². The zero-order valence-electron chi connectivity index (χ0n) is 23.2. The molecule has 0 spiro atoms. The molecule has 5 fully saturated rings. The Balaban J connectivity index is 1.16. The standard InChI is InChI=1S/C30H34ClN5O5/c1-16-23(15-39-28(38)21-6-4-3-5-7-21)41-27(24(16)40-17(2)37)36-26-22(14-32-36)25(33-29(31)34-26)35-30-11-18-8-19(12-30)10-20(9-18)13-30/h3-7,14,16,18-20,23-24,27H,8-13,15H2,1-2H3,(H,33,34,35)/t16?,18?,19?,20?,23-,24-,27-,30?/m1/s1. The lowest BCUT2D eigenvalue weighted by Gasteiger charge is -2.57. The Labute approximate surface area is 243 Å². The quantitative estimate of drug-likeness (QED) is 0.298. The summed E-state index contributed by atoms with van der Waals surface area (Å²) >= 11 is 6.48. The molecule has 10 nitrogen and oxygen atoms in total. The van der Waals surface area contributed by atoms with E-state index in [4.69, 9.17) is 25.8 Å². The van der Waals surface area contributed by atoms with Crippen molar-refractivity contribution < 1.29 is 23.8 Å². The first kappa shape index (κ1) is 26.6. The lowest BCUT2D eigenvalue weighted by molar-refractivity contribution is -0.154. The Hall–Kier alpha value is -3.24. The number of anilines is 1. The van der Waals surface area contributed by atoms with E-state index in [0.29, 0.717) is 17.0 Å². The summed E-state index contributed by atoms with van der Waals surface area (Å²) in [7, 11) is 0. The first-order valence-electron chi connectivity index (χ1n) is 14.5. The molecule has 4 bridgehead atoms. The second kappa shape index (κ2) is 10.2. The Morgan fingerprint density at radius 1 is 1.10 bits per heavy atom. The van der Waals surface area contributed by atoms with Crippen LogP contribution < -0.4 is 5.32 Å². The maximum Gasteiger partial charge on any atom is 0.338 e. The number of rotatable bonds is 7. The molecular weight excluding hydrogens is 546 g/mol. The molecular formula is C30H34ClN5O5. The van der Waals surface area contributed by atoms with Gasteiger partial charge in [0.05, 0.1) is 17.1 Å². The Morgan fingerprint density at radius 2 is 1.78 bits per heavy atom. The second-order valence-electron chi connectivity index (χ2n) is 12.5. The molecule has 41 heavy (non-hydrogen) atoms. The minimum atomic E-state index is -0.787. The maximum absolute atomic E-state index is 12.6. The van der Waals surface area contributed by atoms with Crippen molar-refractivity contribution in [3.63, 3.8) is 0 Å². The normalized spacial score (nSPS) is 33.7. The molecule has 8 rings (SSSR count). The fourth-order valence-corrected chi connectivity index (χ4v) is 8.27. The Bertz CT molecular complexity index is 1440. The van der Waals surface area contributed by atoms with Gasteiger partial charge in [0.15, 0.2) is 18.0 Å². The van der Waals surface area contributed by atoms with Crippen LogP contribution in [0, 0.1) is 23.7 Å². The lowest BCUT2D eigenvalue weighted by Crippen LogP contribution is -2.54. The average molecular weight is 580 g/mol. The molecule has 1 aromatic carbocycles. The van der Waals surface area contributed by atoms with Crippen LogP contribution in [0.2, 0.25) is 5.28 Å². The molecule has 0 radical (unpaired) electrons. The molecule has 4 aliphatic carbocycles. The SMILES string of the molecule is CC(=O)O[C@@H]1C(C)[C@@H](COC(=O)c2ccccc2)O[C@H]1n1ncc2c(NC34CC5CC(CC(C5)C3)C4)nc(Cl)nc21. The van der Waals surface area contributed by atoms with E-state index in [1.165, 1.54) is 26.2 Å². The van der Waals surface area contributed by atoms with Crippen LogP contribution in [-0.4, -0.2) is 56.0 Å². The van der Waals surface area contributed by atoms with E-state index in [-0.39, 0.29) is 23.3 Å². The van der Waals surface area contributed by atoms with E-state index in [9.17, 15) is 9.59 Å². The summed E-state index contributed by atoms with van der Waals surface area (Å²) in [5, 5.41) is 9.29. The van der Waals surface area contributed by atoms with E-state index in [2.05, 4.69) is 20.4 Å². The highest BCUT2D eigenvalue weighted by molar-refractivity contribution is 6.28. The van der Waals surface area contributed by atoms with E-state index in [1.54, 1.807) is 35.1 Å². The molecule has 1 saturated heterocycles. The van der Waals surface area contributed by atoms with Gasteiger partial charge in [0.2, 0.25) is 5.28 Å². The van der Waals surface area contributed by atoms with Crippen LogP contribution in [0.5, 0.6) is 0 Å². The van der Waals surface area contributed by atoms with Crippen LogP contribution in [-0.2, 0) is 19.0 Å². The maximum atomic E-state index is 12.6. The summed E-state index contributed by atoms with van der Waals surface area (Å²) in [5.74, 6) is 1.83. The molecule has 3 aromatic rings. The number of fused-ring (bicyclic) bond motifs is 1. The Kier molecular flexibility index (Phi) is 6.65. The zero-order chi connectivity index (χ0) is 28.3. The smallest absolute Gasteiger partial charge is 0.338 e. The minimum Gasteiger partial charge on any atom is -0.459 e. The number of esters is 2. The molecule has 0 amide bonds. The largest absolute Gasteiger partial charge is 0.459 e. The molecule has 4 saturated carbocycles. The number of carbonyl (C=O) groups is 2. The number of aromatic nitrogens is 4. The van der Waals surface area contributed by atoms with Crippen molar-refractivity contribution in [3.8, 4) is 0 Å². The van der Waals surface area contributed by atoms with Gasteiger partial charge in [-0.05, 0) is 80.0 Å². The van der Waals surface area contributed by atoms with Crippen molar-refractivity contribution in [2.75, 3.05) is 11.9 Å². The van der Waals surface area contributed by atoms with E-state index in [1.807, 2.05) is 13.0 Å². The molecule has 5 aliphatic rings. The molecule has 1 aliphatic heterocycles. The number of nitrogens with zero attached hydrogens (tertiary/aromatic N) is 4. The van der Waals surface area contributed by atoms with Gasteiger partial charge in [-0.2, -0.15) is 15.1 Å². The summed E-state index contributed by atoms with van der Waals surface area (Å²) in [6.45, 7) is 3.26. The van der Waals surface area contributed by atoms with Gasteiger partial charge in [0.25, 0.3) is 0 Å². The van der Waals surface area contributed by atoms with Crippen LogP contribution >= 0.6 is 11.6 Å². The number of hydrogen-bond donors (Lipinski definition) is 1. The summed E-state index contributed by atoms with van der Waals surface area (Å²) < 4.78 is 19.3. The highest BCUT2D eigenvalue weighted by atomic mass is 35.5. The van der Waals surface area contributed by atoms with Gasteiger partial charge in [0.1, 0.15) is 18.5 Å². The highest BCUT2D eigenvalue weighted by Gasteiger charge is 2.51. The van der Waals surface area contributed by atoms with E-state index < -0.39 is 30.4 Å². The van der Waals surface area contributed by atoms with Gasteiger partial charge in [-0.3, -0.25) is 4.79 Å². The van der Waals surface area contributed by atoms with Crippen molar-refractivity contribution in [2.45, 2.75) is 76.3 Å². The molecule has 4 atom stereocenters. The van der Waals surface area contributed by atoms with Gasteiger partial charge in [-0.1, -0.05) is 25.1 Å². The second-order valence-corrected chi connectivity index (χ2v) is 12.8. The first-order chi connectivity index (χ1) is 19.8. The van der Waals surface area contributed by atoms with Gasteiger partial charge in [-0.15, -0.1) is 0 Å². The third-order valence-corrected chi connectivity index (χ3v) is 9.65. The third kappa shape index (κ3) is 4.95. The zero-order valence-corrected chi connectivity index (χ0v) is 23.9. The summed E-state index contributed by atoms with van der Waals surface area (Å²) in [6.07, 6.45) is 7.20. The molecule has 216 valence electrons. The van der Waals surface area contributed by atoms with Gasteiger partial charge >= 0.3 is 11.9 Å². The van der Waals surface area contributed by atoms with Crippen molar-refractivity contribution in [1.82, 2.24) is 19.7 Å². The van der Waals surface area contributed by atoms with Gasteiger partial charge in [-0.25, -0.2) is 9.48 Å². The van der Waals surface area contributed by atoms with Crippen LogP contribution in [0.15, 0.2) is 36.5 Å². The number of benzene rings is 1. The number of carbonyl (C=O) groups excluding carboxylic acids is 2. The lowest BCUT2D eigenvalue weighted by atomic mass is 9.53. The molecule has 3 heterocycles. The molecule has 2 aromatic heterocycles. The summed E-state index contributed by atoms with van der Waals surface area (Å²) in [5.41, 5.74) is 0.969. The van der Waals surface area contributed by atoms with Gasteiger partial charge < -0.3 is 19.5 Å². The molecule has 1 unspecified atom stereocenters. The fourth-order valence-electron chi connectivity index (χ4n) is 8.11. The third-order valence-electron chi connectivity index (χ3n) is 9.48. The molecule has 11 heteroatoms. The minimum absolute atomic E-state index is 0.00305. The van der Waals surface area contributed by atoms with Crippen LogP contribution in [0.1, 0.15) is 69.0 Å². The van der Waals surface area contributed by atoms with Crippen molar-refractivity contribution >= 4 is 40.4 Å². The first-order valence-corrected chi connectivity index (χ1v) is 14.9. The number of hydrogen-bond acceptors (Lipinski definition) is 9. The summed E-state index contributed by atoms with van der Waals surface area (Å²) in [6, 6.07) is 8.78. The predicted molar refractivity (Wildman–Crippen MR) is 150 cm³/mol. The van der Waals surface area contributed by atoms with Crippen molar-refractivity contribution in [3.05, 3.63) is 47.4 Å². The summed E-state index contributed by atoms with van der Waals surface area (Å²) in [4.78, 5) is 33.8. The fraction of sp³-hybridized carbons (Fsp3) is 0.567. The average Bonchev–Trinajstić information content (AvgIpc) is 3.47. The van der Waals surface area contributed by atoms with Crippen LogP contribution in [0.4, 0.5) is 5.82 Å². The topological polar surface area (TPSA) is 117 Å². The number of nitrogens with one attached hydrogen (secondary N) is 1.